The number of hydrazine groups is 1. The molecule has 1 aliphatic heterocycles. The van der Waals surface area contributed by atoms with E-state index in [4.69, 9.17) is 15.3 Å². The molecule has 0 amide bonds. The van der Waals surface area contributed by atoms with Gasteiger partial charge in [0, 0.05) is 38.3 Å². The quantitative estimate of drug-likeness (QED) is 0.327. The molecule has 0 spiro atoms. The Bertz CT molecular complexity index is 621. The van der Waals surface area contributed by atoms with Crippen molar-refractivity contribution in [3.63, 3.8) is 0 Å². The van der Waals surface area contributed by atoms with Gasteiger partial charge in [0.15, 0.2) is 0 Å². The number of likely N-dealkylation sites (N-methyl/N-ethyl adjacent to an activating group) is 1. The van der Waals surface area contributed by atoms with Crippen LogP contribution in [0.5, 0.6) is 5.75 Å². The number of unbranched alkanes of at least 4 members (excludes halogenated alkanes) is 1. The minimum absolute atomic E-state index is 0.0213. The molecule has 1 saturated heterocycles. The van der Waals surface area contributed by atoms with E-state index in [2.05, 4.69) is 44.7 Å². The minimum atomic E-state index is -0.376. The first kappa shape index (κ1) is 27.4. The number of anilines is 1. The van der Waals surface area contributed by atoms with Crippen LogP contribution in [0, 0.1) is 5.92 Å². The molecular formula is C25H45N3O3. The fraction of sp³-hybridized carbons (Fsp3) is 0.720. The van der Waals surface area contributed by atoms with Crippen LogP contribution in [0.25, 0.3) is 0 Å². The summed E-state index contributed by atoms with van der Waals surface area (Å²) in [6.45, 7) is 12.9. The lowest BCUT2D eigenvalue weighted by Crippen LogP contribution is -2.56. The molecule has 0 aromatic heterocycles. The summed E-state index contributed by atoms with van der Waals surface area (Å²) in [6.07, 6.45) is 6.12. The van der Waals surface area contributed by atoms with Crippen LogP contribution >= 0.6 is 0 Å². The van der Waals surface area contributed by atoms with Crippen molar-refractivity contribution in [3.8, 4) is 5.75 Å². The van der Waals surface area contributed by atoms with Gasteiger partial charge in [0.05, 0.1) is 18.3 Å². The molecule has 0 radical (unpaired) electrons. The van der Waals surface area contributed by atoms with E-state index in [-0.39, 0.29) is 17.1 Å². The van der Waals surface area contributed by atoms with Gasteiger partial charge in [0.2, 0.25) is 0 Å². The van der Waals surface area contributed by atoms with Crippen molar-refractivity contribution in [3.05, 3.63) is 24.3 Å². The molecule has 178 valence electrons. The first-order chi connectivity index (χ1) is 14.6. The maximum atomic E-state index is 11.1. The third-order valence-corrected chi connectivity index (χ3v) is 5.69. The van der Waals surface area contributed by atoms with E-state index >= 15 is 0 Å². The first-order valence-corrected chi connectivity index (χ1v) is 11.6. The van der Waals surface area contributed by atoms with Gasteiger partial charge < -0.3 is 19.2 Å². The molecular weight excluding hydrogens is 390 g/mol. The summed E-state index contributed by atoms with van der Waals surface area (Å²) in [4.78, 5) is 13.5. The van der Waals surface area contributed by atoms with Crippen molar-refractivity contribution in [2.24, 2.45) is 11.8 Å². The lowest BCUT2D eigenvalue weighted by molar-refractivity contribution is -0.167. The van der Waals surface area contributed by atoms with Crippen LogP contribution in [-0.4, -0.2) is 56.3 Å². The van der Waals surface area contributed by atoms with Gasteiger partial charge in [-0.05, 0) is 57.4 Å². The molecule has 1 unspecified atom stereocenters. The maximum absolute atomic E-state index is 11.1. The standard InChI is InChI=1S/C21H35N3O3.C4H10/c1-17(15-25)14-20(2,3)27-21(16-23(4)22)10-12-24(13-11-21)18-6-8-19(26-5)9-7-18;1-3-4-2/h6-9,15,17H,10-14,16,22H2,1-5H3;3-4H2,1-2H3. The Morgan fingerprint density at radius 3 is 2.16 bits per heavy atom. The molecule has 2 rings (SSSR count). The van der Waals surface area contributed by atoms with Gasteiger partial charge in [-0.1, -0.05) is 33.6 Å². The maximum Gasteiger partial charge on any atom is 0.122 e. The molecule has 6 nitrogen and oxygen atoms in total. The van der Waals surface area contributed by atoms with Gasteiger partial charge in [-0.25, -0.2) is 5.01 Å². The Morgan fingerprint density at radius 1 is 1.19 bits per heavy atom. The number of carbonyl (C=O) groups excluding carboxylic acids is 1. The van der Waals surface area contributed by atoms with Crippen LogP contribution in [0.4, 0.5) is 5.69 Å². The molecule has 0 saturated carbocycles. The zero-order valence-corrected chi connectivity index (χ0v) is 20.8. The average Bonchev–Trinajstić information content (AvgIpc) is 2.73. The third kappa shape index (κ3) is 9.58. The van der Waals surface area contributed by atoms with Gasteiger partial charge >= 0.3 is 0 Å². The fourth-order valence-electron chi connectivity index (χ4n) is 4.16. The van der Waals surface area contributed by atoms with Gasteiger partial charge in [-0.2, -0.15) is 0 Å². The van der Waals surface area contributed by atoms with Crippen LogP contribution in [-0.2, 0) is 9.53 Å². The Labute approximate surface area is 190 Å². The Morgan fingerprint density at radius 2 is 1.74 bits per heavy atom. The molecule has 1 atom stereocenters. The van der Waals surface area contributed by atoms with Crippen molar-refractivity contribution in [2.75, 3.05) is 38.7 Å². The second-order valence-corrected chi connectivity index (χ2v) is 9.46. The van der Waals surface area contributed by atoms with E-state index in [1.807, 2.05) is 26.1 Å². The molecule has 1 aromatic carbocycles. The average molecular weight is 436 g/mol. The SMILES string of the molecule is CCCC.COc1ccc(N2CCC(CN(C)N)(OC(C)(C)CC(C)C=O)CC2)cc1. The number of carbonyl (C=O) groups is 1. The highest BCUT2D eigenvalue weighted by Crippen LogP contribution is 2.35. The van der Waals surface area contributed by atoms with Crippen molar-refractivity contribution < 1.29 is 14.3 Å². The summed E-state index contributed by atoms with van der Waals surface area (Å²) >= 11 is 0. The fourth-order valence-corrected chi connectivity index (χ4v) is 4.16. The van der Waals surface area contributed by atoms with Gasteiger partial charge in [-0.3, -0.25) is 5.84 Å². The Balaban J connectivity index is 0.00000110. The molecule has 1 aromatic rings. The molecule has 31 heavy (non-hydrogen) atoms. The minimum Gasteiger partial charge on any atom is -0.497 e. The van der Waals surface area contributed by atoms with E-state index in [0.717, 1.165) is 38.0 Å². The van der Waals surface area contributed by atoms with Crippen molar-refractivity contribution >= 4 is 12.0 Å². The molecule has 6 heteroatoms. The Hall–Kier alpha value is -1.63. The summed E-state index contributed by atoms with van der Waals surface area (Å²) in [5, 5.41) is 1.71. The van der Waals surface area contributed by atoms with Gasteiger partial charge in [0.1, 0.15) is 12.0 Å². The lowest BCUT2D eigenvalue weighted by atomic mass is 9.87. The molecule has 0 aliphatic carbocycles. The monoisotopic (exact) mass is 435 g/mol. The molecule has 0 bridgehead atoms. The van der Waals surface area contributed by atoms with Crippen LogP contribution in [0.2, 0.25) is 0 Å². The second kappa shape index (κ2) is 13.0. The largest absolute Gasteiger partial charge is 0.497 e. The first-order valence-electron chi connectivity index (χ1n) is 11.6. The zero-order chi connectivity index (χ0) is 23.5. The van der Waals surface area contributed by atoms with Crippen molar-refractivity contribution in [1.82, 2.24) is 5.01 Å². The summed E-state index contributed by atoms with van der Waals surface area (Å²) in [5.41, 5.74) is 0.510. The van der Waals surface area contributed by atoms with E-state index < -0.39 is 0 Å². The smallest absolute Gasteiger partial charge is 0.122 e. The second-order valence-electron chi connectivity index (χ2n) is 9.46. The van der Waals surface area contributed by atoms with E-state index in [9.17, 15) is 4.79 Å². The van der Waals surface area contributed by atoms with Crippen LogP contribution < -0.4 is 15.5 Å². The number of nitrogens with two attached hydrogens (primary N) is 1. The van der Waals surface area contributed by atoms with E-state index in [1.54, 1.807) is 12.1 Å². The van der Waals surface area contributed by atoms with E-state index in [1.165, 1.54) is 18.5 Å². The van der Waals surface area contributed by atoms with Crippen molar-refractivity contribution in [1.29, 1.82) is 0 Å². The van der Waals surface area contributed by atoms with Crippen molar-refractivity contribution in [2.45, 2.75) is 77.9 Å². The number of aldehydes is 1. The number of hydrogen-bond acceptors (Lipinski definition) is 6. The highest BCUT2D eigenvalue weighted by molar-refractivity contribution is 5.53. The number of piperidine rings is 1. The summed E-state index contributed by atoms with van der Waals surface area (Å²) in [6, 6.07) is 8.17. The topological polar surface area (TPSA) is 68.0 Å². The molecule has 1 aliphatic rings. The van der Waals surface area contributed by atoms with Crippen LogP contribution in [0.3, 0.4) is 0 Å². The Kier molecular flexibility index (Phi) is 11.5. The number of methoxy groups -OCH3 is 1. The highest BCUT2D eigenvalue weighted by atomic mass is 16.5. The molecule has 1 heterocycles. The van der Waals surface area contributed by atoms with Gasteiger partial charge in [-0.15, -0.1) is 0 Å². The van der Waals surface area contributed by atoms with Gasteiger partial charge in [0.25, 0.3) is 0 Å². The highest BCUT2D eigenvalue weighted by Gasteiger charge is 2.41. The summed E-state index contributed by atoms with van der Waals surface area (Å²) in [7, 11) is 3.56. The summed E-state index contributed by atoms with van der Waals surface area (Å²) in [5.74, 6) is 6.85. The van der Waals surface area contributed by atoms with E-state index in [0.29, 0.717) is 13.0 Å². The van der Waals surface area contributed by atoms with Crippen LogP contribution in [0.15, 0.2) is 24.3 Å². The summed E-state index contributed by atoms with van der Waals surface area (Å²) < 4.78 is 11.9. The normalized spacial score (nSPS) is 17.0. The number of hydrogen-bond donors (Lipinski definition) is 1. The third-order valence-electron chi connectivity index (χ3n) is 5.69. The zero-order valence-electron chi connectivity index (χ0n) is 20.8. The number of ether oxygens (including phenoxy) is 2. The number of benzene rings is 1. The predicted octanol–water partition coefficient (Wildman–Crippen LogP) is 4.67. The predicted molar refractivity (Wildman–Crippen MR) is 130 cm³/mol. The molecule has 2 N–H and O–H groups in total. The number of rotatable bonds is 10. The molecule has 1 fully saturated rings. The lowest BCUT2D eigenvalue weighted by Gasteiger charge is -2.47. The number of nitrogens with zero attached hydrogens (tertiary/aromatic N) is 2. The van der Waals surface area contributed by atoms with Crippen LogP contribution in [0.1, 0.15) is 66.7 Å².